The van der Waals surface area contributed by atoms with E-state index in [1.54, 1.807) is 5.01 Å². The average Bonchev–Trinajstić information content (AvgIpc) is 3.19. The number of hydrogen-bond acceptors (Lipinski definition) is 8. The van der Waals surface area contributed by atoms with Gasteiger partial charge < -0.3 is 26.6 Å². The molecule has 1 saturated carbocycles. The van der Waals surface area contributed by atoms with Crippen LogP contribution in [0.25, 0.3) is 0 Å². The van der Waals surface area contributed by atoms with Gasteiger partial charge in [0.1, 0.15) is 6.17 Å². The van der Waals surface area contributed by atoms with E-state index in [9.17, 15) is 14.0 Å². The highest BCUT2D eigenvalue weighted by Gasteiger charge is 2.48. The molecule has 192 valence electrons. The van der Waals surface area contributed by atoms with Crippen LogP contribution in [0.15, 0.2) is 0 Å². The first-order valence-corrected chi connectivity index (χ1v) is 13.2. The lowest BCUT2D eigenvalue weighted by molar-refractivity contribution is -0.137. The van der Waals surface area contributed by atoms with Gasteiger partial charge in [0.15, 0.2) is 0 Å². The fraction of sp³-hybridized carbons (Fsp3) is 0.913. The van der Waals surface area contributed by atoms with Crippen molar-refractivity contribution in [3.8, 4) is 0 Å². The van der Waals surface area contributed by atoms with Crippen LogP contribution in [0.3, 0.4) is 0 Å². The summed E-state index contributed by atoms with van der Waals surface area (Å²) in [5.74, 6) is 0.858. The first-order chi connectivity index (χ1) is 16.5. The van der Waals surface area contributed by atoms with Gasteiger partial charge in [-0.15, -0.1) is 0 Å². The van der Waals surface area contributed by atoms with Crippen molar-refractivity contribution in [3.05, 3.63) is 0 Å². The standard InChI is InChI=1S/C23H41FN8O2/c24-16-11-28-21-19(20(25)30-32(21)13-16)22(33)29-18-12-27-6-5-17(18)14-1-3-15(4-2-14)23(34)31-9-7-26-8-10-31/h14-21,26-28,30H,1-13,25H2,(H,29,33). The fourth-order valence-corrected chi connectivity index (χ4v) is 6.80. The first-order valence-electron chi connectivity index (χ1n) is 13.2. The summed E-state index contributed by atoms with van der Waals surface area (Å²) in [6.07, 6.45) is 3.20. The highest BCUT2D eigenvalue weighted by molar-refractivity contribution is 5.81. The van der Waals surface area contributed by atoms with Crippen molar-refractivity contribution in [1.82, 2.24) is 36.6 Å². The zero-order valence-corrected chi connectivity index (χ0v) is 20.0. The number of halogens is 1. The Balaban J connectivity index is 1.16. The molecule has 7 N–H and O–H groups in total. The van der Waals surface area contributed by atoms with Gasteiger partial charge >= 0.3 is 0 Å². The first kappa shape index (κ1) is 24.3. The number of hydrazine groups is 1. The van der Waals surface area contributed by atoms with E-state index >= 15 is 0 Å². The highest BCUT2D eigenvalue weighted by Crippen LogP contribution is 2.38. The molecule has 5 rings (SSSR count). The molecule has 6 atom stereocenters. The molecule has 4 saturated heterocycles. The van der Waals surface area contributed by atoms with Gasteiger partial charge in [0.25, 0.3) is 0 Å². The van der Waals surface area contributed by atoms with Crippen LogP contribution in [0.5, 0.6) is 0 Å². The van der Waals surface area contributed by atoms with Crippen molar-refractivity contribution in [1.29, 1.82) is 0 Å². The van der Waals surface area contributed by atoms with E-state index in [0.717, 1.165) is 71.4 Å². The molecule has 11 heteroatoms. The summed E-state index contributed by atoms with van der Waals surface area (Å²) in [6, 6.07) is 0.0467. The number of piperidine rings is 1. The number of fused-ring (bicyclic) bond motifs is 1. The third-order valence-corrected chi connectivity index (χ3v) is 8.64. The predicted molar refractivity (Wildman–Crippen MR) is 126 cm³/mol. The molecular weight excluding hydrogens is 439 g/mol. The van der Waals surface area contributed by atoms with Gasteiger partial charge in [-0.25, -0.2) is 14.8 Å². The summed E-state index contributed by atoms with van der Waals surface area (Å²) in [4.78, 5) is 28.3. The Bertz CT molecular complexity index is 730. The Morgan fingerprint density at radius 2 is 1.74 bits per heavy atom. The van der Waals surface area contributed by atoms with Crippen LogP contribution < -0.4 is 32.4 Å². The maximum absolute atomic E-state index is 13.8. The van der Waals surface area contributed by atoms with Crippen LogP contribution in [0, 0.1) is 23.7 Å². The van der Waals surface area contributed by atoms with Crippen molar-refractivity contribution in [2.75, 3.05) is 52.4 Å². The summed E-state index contributed by atoms with van der Waals surface area (Å²) in [5, 5.41) is 14.9. The lowest BCUT2D eigenvalue weighted by Crippen LogP contribution is -2.60. The molecule has 0 spiro atoms. The average molecular weight is 481 g/mol. The molecule has 4 heterocycles. The number of carbonyl (C=O) groups is 2. The summed E-state index contributed by atoms with van der Waals surface area (Å²) >= 11 is 0. The van der Waals surface area contributed by atoms with E-state index in [-0.39, 0.29) is 37.1 Å². The Morgan fingerprint density at radius 3 is 2.50 bits per heavy atom. The van der Waals surface area contributed by atoms with Gasteiger partial charge in [0, 0.05) is 57.8 Å². The van der Waals surface area contributed by atoms with E-state index in [2.05, 4.69) is 26.7 Å². The summed E-state index contributed by atoms with van der Waals surface area (Å²) in [6.45, 7) is 5.59. The minimum atomic E-state index is -0.974. The normalized spacial score (nSPS) is 41.6. The zero-order valence-electron chi connectivity index (χ0n) is 20.0. The minimum absolute atomic E-state index is 0.0467. The number of rotatable bonds is 4. The topological polar surface area (TPSA) is 127 Å². The summed E-state index contributed by atoms with van der Waals surface area (Å²) < 4.78 is 13.8. The van der Waals surface area contributed by atoms with Crippen molar-refractivity contribution in [2.45, 2.75) is 56.6 Å². The molecule has 34 heavy (non-hydrogen) atoms. The molecule has 5 aliphatic rings. The van der Waals surface area contributed by atoms with Gasteiger partial charge in [-0.3, -0.25) is 14.9 Å². The second-order valence-electron chi connectivity index (χ2n) is 10.7. The quantitative estimate of drug-likeness (QED) is 0.281. The lowest BCUT2D eigenvalue weighted by Gasteiger charge is -2.42. The van der Waals surface area contributed by atoms with Gasteiger partial charge in [0.2, 0.25) is 11.8 Å². The molecule has 0 aromatic heterocycles. The molecule has 6 unspecified atom stereocenters. The van der Waals surface area contributed by atoms with Crippen LogP contribution in [-0.2, 0) is 9.59 Å². The molecule has 0 bridgehead atoms. The third-order valence-electron chi connectivity index (χ3n) is 8.64. The Labute approximate surface area is 201 Å². The molecule has 1 aliphatic carbocycles. The van der Waals surface area contributed by atoms with Crippen LogP contribution in [0.2, 0.25) is 0 Å². The second kappa shape index (κ2) is 10.7. The SMILES string of the molecule is NC1NN2CC(F)CNC2C1C(=O)NC1CNCCC1C1CCC(C(=O)N2CCNCC2)CC1. The van der Waals surface area contributed by atoms with Gasteiger partial charge in [0.05, 0.1) is 18.2 Å². The van der Waals surface area contributed by atoms with Crippen molar-refractivity contribution < 1.29 is 14.0 Å². The molecular formula is C23H41FN8O2. The van der Waals surface area contributed by atoms with Crippen molar-refractivity contribution in [2.24, 2.45) is 29.4 Å². The zero-order chi connectivity index (χ0) is 23.7. The Kier molecular flexibility index (Phi) is 7.67. The maximum atomic E-state index is 13.8. The summed E-state index contributed by atoms with van der Waals surface area (Å²) in [7, 11) is 0. The molecule has 0 aromatic rings. The minimum Gasteiger partial charge on any atom is -0.351 e. The fourth-order valence-electron chi connectivity index (χ4n) is 6.80. The van der Waals surface area contributed by atoms with E-state index in [0.29, 0.717) is 17.7 Å². The van der Waals surface area contributed by atoms with Crippen LogP contribution in [0.1, 0.15) is 32.1 Å². The monoisotopic (exact) mass is 480 g/mol. The molecule has 0 aromatic carbocycles. The molecule has 4 aliphatic heterocycles. The van der Waals surface area contributed by atoms with E-state index in [1.165, 1.54) is 0 Å². The molecule has 2 amide bonds. The number of alkyl halides is 1. The molecule has 0 radical (unpaired) electrons. The number of nitrogens with two attached hydrogens (primary N) is 1. The van der Waals surface area contributed by atoms with E-state index < -0.39 is 18.3 Å². The van der Waals surface area contributed by atoms with E-state index in [4.69, 9.17) is 5.73 Å². The van der Waals surface area contributed by atoms with Crippen molar-refractivity contribution >= 4 is 11.8 Å². The lowest BCUT2D eigenvalue weighted by atomic mass is 9.71. The number of nitrogens with zero attached hydrogens (tertiary/aromatic N) is 2. The summed E-state index contributed by atoms with van der Waals surface area (Å²) in [5.41, 5.74) is 9.30. The number of hydrogen-bond donors (Lipinski definition) is 6. The number of amides is 2. The van der Waals surface area contributed by atoms with Crippen LogP contribution in [0.4, 0.5) is 4.39 Å². The Hall–Kier alpha value is -1.37. The van der Waals surface area contributed by atoms with Gasteiger partial charge in [-0.1, -0.05) is 0 Å². The smallest absolute Gasteiger partial charge is 0.229 e. The maximum Gasteiger partial charge on any atom is 0.229 e. The molecule has 10 nitrogen and oxygen atoms in total. The van der Waals surface area contributed by atoms with Crippen LogP contribution >= 0.6 is 0 Å². The number of carbonyl (C=O) groups excluding carboxylic acids is 2. The van der Waals surface area contributed by atoms with Crippen LogP contribution in [-0.4, -0.2) is 98.6 Å². The van der Waals surface area contributed by atoms with E-state index in [1.807, 2.05) is 4.90 Å². The second-order valence-corrected chi connectivity index (χ2v) is 10.7. The number of nitrogens with one attached hydrogen (secondary N) is 5. The highest BCUT2D eigenvalue weighted by atomic mass is 19.1. The van der Waals surface area contributed by atoms with Gasteiger partial charge in [-0.05, 0) is 50.5 Å². The number of piperazine rings is 1. The predicted octanol–water partition coefficient (Wildman–Crippen LogP) is -1.69. The third kappa shape index (κ3) is 5.10. The molecule has 5 fully saturated rings. The van der Waals surface area contributed by atoms with Crippen molar-refractivity contribution in [3.63, 3.8) is 0 Å². The van der Waals surface area contributed by atoms with Gasteiger partial charge in [-0.2, -0.15) is 0 Å². The largest absolute Gasteiger partial charge is 0.351 e. The Morgan fingerprint density at radius 1 is 0.971 bits per heavy atom.